The average Bonchev–Trinajstić information content (AvgIpc) is 2.68. The van der Waals surface area contributed by atoms with Gasteiger partial charge >= 0.3 is 0 Å². The minimum atomic E-state index is -0.468. The smallest absolute Gasteiger partial charge is 0.0914 e. The maximum absolute atomic E-state index is 10.2. The van der Waals surface area contributed by atoms with Crippen molar-refractivity contribution in [2.75, 3.05) is 6.54 Å². The Kier molecular flexibility index (Phi) is 5.99. The fourth-order valence-corrected chi connectivity index (χ4v) is 3.00. The summed E-state index contributed by atoms with van der Waals surface area (Å²) in [6.45, 7) is 2.72. The van der Waals surface area contributed by atoms with E-state index in [1.54, 1.807) is 0 Å². The Balaban J connectivity index is 1.52. The number of nitrogens with one attached hydrogen (secondary N) is 1. The van der Waals surface area contributed by atoms with Gasteiger partial charge in [-0.05, 0) is 35.6 Å². The van der Waals surface area contributed by atoms with Crippen LogP contribution in [-0.4, -0.2) is 17.7 Å². The Morgan fingerprint density at radius 1 is 0.760 bits per heavy atom. The molecular weight excluding hydrogens is 306 g/mol. The summed E-state index contributed by atoms with van der Waals surface area (Å²) < 4.78 is 0. The molecule has 3 aromatic rings. The third kappa shape index (κ3) is 5.02. The van der Waals surface area contributed by atoms with Crippen LogP contribution < -0.4 is 5.32 Å². The molecule has 0 bridgehead atoms. The van der Waals surface area contributed by atoms with Crippen LogP contribution in [0, 0.1) is 0 Å². The van der Waals surface area contributed by atoms with Gasteiger partial charge in [0.25, 0.3) is 0 Å². The van der Waals surface area contributed by atoms with E-state index in [4.69, 9.17) is 0 Å². The first-order valence-corrected chi connectivity index (χ1v) is 8.83. The van der Waals surface area contributed by atoms with E-state index in [1.165, 1.54) is 16.7 Å². The number of benzene rings is 3. The maximum atomic E-state index is 10.2. The highest BCUT2D eigenvalue weighted by Crippen LogP contribution is 2.19. The van der Waals surface area contributed by atoms with Gasteiger partial charge in [-0.3, -0.25) is 0 Å². The minimum Gasteiger partial charge on any atom is -0.387 e. The van der Waals surface area contributed by atoms with Crippen LogP contribution in [0.5, 0.6) is 0 Å². The Bertz CT molecular complexity index is 753. The Hall–Kier alpha value is -2.42. The molecule has 0 saturated carbocycles. The molecule has 0 aliphatic rings. The van der Waals surface area contributed by atoms with Gasteiger partial charge in [0.1, 0.15) is 0 Å². The van der Waals surface area contributed by atoms with Crippen molar-refractivity contribution in [3.8, 4) is 11.1 Å². The number of hydrogen-bond acceptors (Lipinski definition) is 2. The number of rotatable bonds is 7. The molecule has 2 atom stereocenters. The highest BCUT2D eigenvalue weighted by molar-refractivity contribution is 5.63. The fourth-order valence-electron chi connectivity index (χ4n) is 3.00. The lowest BCUT2D eigenvalue weighted by molar-refractivity contribution is 0.170. The number of hydrogen-bond donors (Lipinski definition) is 2. The van der Waals surface area contributed by atoms with Gasteiger partial charge in [0, 0.05) is 12.6 Å². The highest BCUT2D eigenvalue weighted by Gasteiger charge is 2.09. The third-order valence-corrected chi connectivity index (χ3v) is 4.45. The normalized spacial score (nSPS) is 13.4. The summed E-state index contributed by atoms with van der Waals surface area (Å²) in [6.07, 6.45) is 0.473. The molecule has 1 unspecified atom stereocenters. The van der Waals surface area contributed by atoms with Crippen molar-refractivity contribution in [1.82, 2.24) is 5.32 Å². The van der Waals surface area contributed by atoms with E-state index in [1.807, 2.05) is 36.4 Å². The zero-order valence-electron chi connectivity index (χ0n) is 14.6. The van der Waals surface area contributed by atoms with Gasteiger partial charge in [-0.2, -0.15) is 0 Å². The standard InChI is InChI=1S/C23H25NO/c1-18(24-17-23(25)22-10-6-3-7-11-22)16-19-12-14-21(15-13-19)20-8-4-2-5-9-20/h2-15,18,23-25H,16-17H2,1H3/t18?,23-/m0/s1. The summed E-state index contributed by atoms with van der Waals surface area (Å²) in [6, 6.07) is 29.2. The van der Waals surface area contributed by atoms with Crippen molar-refractivity contribution in [1.29, 1.82) is 0 Å². The summed E-state index contributed by atoms with van der Waals surface area (Å²) >= 11 is 0. The van der Waals surface area contributed by atoms with Crippen LogP contribution in [0.1, 0.15) is 24.2 Å². The summed E-state index contributed by atoms with van der Waals surface area (Å²) in [5, 5.41) is 13.7. The highest BCUT2D eigenvalue weighted by atomic mass is 16.3. The molecule has 25 heavy (non-hydrogen) atoms. The van der Waals surface area contributed by atoms with Crippen LogP contribution in [0.2, 0.25) is 0 Å². The topological polar surface area (TPSA) is 32.3 Å². The van der Waals surface area contributed by atoms with Crippen molar-refractivity contribution in [2.45, 2.75) is 25.5 Å². The van der Waals surface area contributed by atoms with Crippen LogP contribution in [-0.2, 0) is 6.42 Å². The van der Waals surface area contributed by atoms with Crippen LogP contribution in [0.3, 0.4) is 0 Å². The Labute approximate surface area is 150 Å². The monoisotopic (exact) mass is 331 g/mol. The zero-order valence-corrected chi connectivity index (χ0v) is 14.6. The zero-order chi connectivity index (χ0) is 17.5. The molecule has 2 nitrogen and oxygen atoms in total. The molecule has 0 heterocycles. The minimum absolute atomic E-state index is 0.306. The van der Waals surface area contributed by atoms with Crippen molar-refractivity contribution in [3.63, 3.8) is 0 Å². The molecule has 2 N–H and O–H groups in total. The van der Waals surface area contributed by atoms with Crippen molar-refractivity contribution in [2.24, 2.45) is 0 Å². The molecule has 0 spiro atoms. The molecule has 0 radical (unpaired) electrons. The average molecular weight is 331 g/mol. The second-order valence-electron chi connectivity index (χ2n) is 6.50. The lowest BCUT2D eigenvalue weighted by atomic mass is 10.0. The first-order valence-electron chi connectivity index (χ1n) is 8.83. The van der Waals surface area contributed by atoms with Gasteiger partial charge in [-0.15, -0.1) is 0 Å². The van der Waals surface area contributed by atoms with Crippen molar-refractivity contribution < 1.29 is 5.11 Å². The lowest BCUT2D eigenvalue weighted by Crippen LogP contribution is -2.32. The van der Waals surface area contributed by atoms with Crippen LogP contribution in [0.25, 0.3) is 11.1 Å². The molecule has 0 aromatic heterocycles. The van der Waals surface area contributed by atoms with Crippen molar-refractivity contribution >= 4 is 0 Å². The Morgan fingerprint density at radius 2 is 1.32 bits per heavy atom. The predicted molar refractivity (Wildman–Crippen MR) is 104 cm³/mol. The number of aliphatic hydroxyl groups excluding tert-OH is 1. The molecule has 0 fully saturated rings. The first kappa shape index (κ1) is 17.4. The van der Waals surface area contributed by atoms with E-state index in [9.17, 15) is 5.11 Å². The molecule has 2 heteroatoms. The molecule has 0 aliphatic carbocycles. The number of aliphatic hydroxyl groups is 1. The van der Waals surface area contributed by atoms with E-state index < -0.39 is 6.10 Å². The van der Waals surface area contributed by atoms with Gasteiger partial charge < -0.3 is 10.4 Å². The molecular formula is C23H25NO. The maximum Gasteiger partial charge on any atom is 0.0914 e. The second kappa shape index (κ2) is 8.61. The first-order chi connectivity index (χ1) is 12.2. The van der Waals surface area contributed by atoms with Gasteiger partial charge in [-0.25, -0.2) is 0 Å². The lowest BCUT2D eigenvalue weighted by Gasteiger charge is -2.17. The molecule has 0 saturated heterocycles. The van der Waals surface area contributed by atoms with E-state index in [0.29, 0.717) is 12.6 Å². The van der Waals surface area contributed by atoms with Crippen LogP contribution in [0.15, 0.2) is 84.9 Å². The van der Waals surface area contributed by atoms with Gasteiger partial charge in [0.15, 0.2) is 0 Å². The van der Waals surface area contributed by atoms with Gasteiger partial charge in [0.2, 0.25) is 0 Å². The van der Waals surface area contributed by atoms with E-state index in [-0.39, 0.29) is 0 Å². The molecule has 0 amide bonds. The van der Waals surface area contributed by atoms with Crippen LogP contribution in [0.4, 0.5) is 0 Å². The second-order valence-corrected chi connectivity index (χ2v) is 6.50. The molecule has 3 rings (SSSR count). The molecule has 0 aliphatic heterocycles. The fraction of sp³-hybridized carbons (Fsp3) is 0.217. The quantitative estimate of drug-likeness (QED) is 0.663. The SMILES string of the molecule is CC(Cc1ccc(-c2ccccc2)cc1)NC[C@H](O)c1ccccc1. The van der Waals surface area contributed by atoms with Gasteiger partial charge in [-0.1, -0.05) is 84.9 Å². The van der Waals surface area contributed by atoms with E-state index >= 15 is 0 Å². The largest absolute Gasteiger partial charge is 0.387 e. The summed E-state index contributed by atoms with van der Waals surface area (Å²) in [4.78, 5) is 0. The van der Waals surface area contributed by atoms with Crippen molar-refractivity contribution in [3.05, 3.63) is 96.1 Å². The third-order valence-electron chi connectivity index (χ3n) is 4.45. The van der Waals surface area contributed by atoms with Crippen LogP contribution >= 0.6 is 0 Å². The summed E-state index contributed by atoms with van der Waals surface area (Å²) in [5.74, 6) is 0. The molecule has 3 aromatic carbocycles. The van der Waals surface area contributed by atoms with Gasteiger partial charge in [0.05, 0.1) is 6.10 Å². The van der Waals surface area contributed by atoms with E-state index in [0.717, 1.165) is 12.0 Å². The predicted octanol–water partition coefficient (Wildman–Crippen LogP) is 4.61. The van der Waals surface area contributed by atoms with E-state index in [2.05, 4.69) is 60.8 Å². The summed E-state index contributed by atoms with van der Waals surface area (Å²) in [5.41, 5.74) is 4.74. The Morgan fingerprint density at radius 3 is 1.96 bits per heavy atom. The summed E-state index contributed by atoms with van der Waals surface area (Å²) in [7, 11) is 0. The molecule has 128 valence electrons.